The number of nitrogens with one attached hydrogen (secondary N) is 2. The van der Waals surface area contributed by atoms with E-state index in [0.717, 1.165) is 11.0 Å². The first-order chi connectivity index (χ1) is 12.8. The molecule has 0 saturated carbocycles. The van der Waals surface area contributed by atoms with Crippen LogP contribution in [0.2, 0.25) is 5.02 Å². The number of thioether (sulfide) groups is 1. The number of fused-ring (bicyclic) bond motifs is 1. The summed E-state index contributed by atoms with van der Waals surface area (Å²) >= 11 is 7.03. The van der Waals surface area contributed by atoms with E-state index >= 15 is 0 Å². The number of halogens is 2. The second-order valence-electron chi connectivity index (χ2n) is 5.71. The van der Waals surface area contributed by atoms with Gasteiger partial charge in [-0.05, 0) is 43.3 Å². The number of hydrogen-bond donors (Lipinski definition) is 2. The smallest absolute Gasteiger partial charge is 0.338 e. The highest BCUT2D eigenvalue weighted by Crippen LogP contribution is 2.32. The van der Waals surface area contributed by atoms with E-state index in [0.29, 0.717) is 11.4 Å². The fourth-order valence-corrected chi connectivity index (χ4v) is 3.26. The molecule has 0 aromatic heterocycles. The standard InChI is InChI=1S/C18H14ClFN2O4S/c1-9(17(24)22-13-4-3-11(19)7-12(13)20)26-18(25)10-2-5-15-14(6-10)21-16(23)8-27-15/h2-7,9H,8H2,1H3,(H,21,23)(H,22,24). The van der Waals surface area contributed by atoms with E-state index < -0.39 is 23.8 Å². The predicted molar refractivity (Wildman–Crippen MR) is 101 cm³/mol. The zero-order valence-corrected chi connectivity index (χ0v) is 15.6. The van der Waals surface area contributed by atoms with E-state index in [1.165, 1.54) is 36.9 Å². The normalized spacial score (nSPS) is 14.0. The van der Waals surface area contributed by atoms with Crippen molar-refractivity contribution in [2.45, 2.75) is 17.9 Å². The molecule has 1 unspecified atom stereocenters. The molecule has 6 nitrogen and oxygen atoms in total. The van der Waals surface area contributed by atoms with Gasteiger partial charge in [0.15, 0.2) is 6.10 Å². The summed E-state index contributed by atoms with van der Waals surface area (Å²) in [7, 11) is 0. The molecule has 2 N–H and O–H groups in total. The molecule has 1 aliphatic heterocycles. The average molecular weight is 409 g/mol. The second kappa shape index (κ2) is 7.98. The summed E-state index contributed by atoms with van der Waals surface area (Å²) in [5.41, 5.74) is 0.640. The van der Waals surface area contributed by atoms with Gasteiger partial charge < -0.3 is 15.4 Å². The van der Waals surface area contributed by atoms with Gasteiger partial charge in [-0.3, -0.25) is 9.59 Å². The number of benzene rings is 2. The van der Waals surface area contributed by atoms with Crippen molar-refractivity contribution in [2.75, 3.05) is 16.4 Å². The minimum Gasteiger partial charge on any atom is -0.449 e. The van der Waals surface area contributed by atoms with Crippen molar-refractivity contribution < 1.29 is 23.5 Å². The quantitative estimate of drug-likeness (QED) is 0.753. The number of rotatable bonds is 4. The van der Waals surface area contributed by atoms with Gasteiger partial charge in [0, 0.05) is 9.92 Å². The number of carbonyl (C=O) groups excluding carboxylic acids is 3. The summed E-state index contributed by atoms with van der Waals surface area (Å²) in [4.78, 5) is 36.7. The Hall–Kier alpha value is -2.58. The third-order valence-corrected chi connectivity index (χ3v) is 5.00. The Balaban J connectivity index is 1.65. The minimum atomic E-state index is -1.16. The van der Waals surface area contributed by atoms with Crippen LogP contribution in [0.5, 0.6) is 0 Å². The Labute approximate surface area is 163 Å². The largest absolute Gasteiger partial charge is 0.449 e. The van der Waals surface area contributed by atoms with E-state index in [9.17, 15) is 18.8 Å². The van der Waals surface area contributed by atoms with Crippen molar-refractivity contribution in [3.05, 3.63) is 52.8 Å². The molecule has 0 bridgehead atoms. The van der Waals surface area contributed by atoms with Crippen molar-refractivity contribution >= 4 is 52.5 Å². The molecule has 0 spiro atoms. The zero-order chi connectivity index (χ0) is 19.6. The third-order valence-electron chi connectivity index (χ3n) is 3.69. The van der Waals surface area contributed by atoms with Crippen LogP contribution in [-0.4, -0.2) is 29.6 Å². The van der Waals surface area contributed by atoms with Gasteiger partial charge in [-0.1, -0.05) is 11.6 Å². The van der Waals surface area contributed by atoms with Crippen molar-refractivity contribution in [2.24, 2.45) is 0 Å². The lowest BCUT2D eigenvalue weighted by Gasteiger charge is -2.18. The number of anilines is 2. The van der Waals surface area contributed by atoms with E-state index in [4.69, 9.17) is 16.3 Å². The number of ether oxygens (including phenoxy) is 1. The van der Waals surface area contributed by atoms with Crippen LogP contribution in [0.3, 0.4) is 0 Å². The number of carbonyl (C=O) groups is 3. The topological polar surface area (TPSA) is 84.5 Å². The Bertz CT molecular complexity index is 938. The van der Waals surface area contributed by atoms with Gasteiger partial charge in [-0.25, -0.2) is 9.18 Å². The Morgan fingerprint density at radius 1 is 1.30 bits per heavy atom. The summed E-state index contributed by atoms with van der Waals surface area (Å²) in [6.07, 6.45) is -1.16. The van der Waals surface area contributed by atoms with E-state index in [1.54, 1.807) is 12.1 Å². The van der Waals surface area contributed by atoms with Gasteiger partial charge in [0.2, 0.25) is 5.91 Å². The number of amides is 2. The van der Waals surface area contributed by atoms with Crippen LogP contribution in [-0.2, 0) is 14.3 Å². The maximum Gasteiger partial charge on any atom is 0.338 e. The molecule has 0 fully saturated rings. The Morgan fingerprint density at radius 2 is 2.07 bits per heavy atom. The first kappa shape index (κ1) is 19.2. The molecule has 2 aromatic carbocycles. The monoisotopic (exact) mass is 408 g/mol. The lowest BCUT2D eigenvalue weighted by atomic mass is 10.2. The maximum atomic E-state index is 13.8. The molecule has 2 amide bonds. The second-order valence-corrected chi connectivity index (χ2v) is 7.16. The lowest BCUT2D eigenvalue weighted by molar-refractivity contribution is -0.123. The summed E-state index contributed by atoms with van der Waals surface area (Å²) in [5.74, 6) is -1.96. The third kappa shape index (κ3) is 4.58. The first-order valence-electron chi connectivity index (χ1n) is 7.87. The van der Waals surface area contributed by atoms with Crippen LogP contribution in [0.15, 0.2) is 41.3 Å². The Kier molecular flexibility index (Phi) is 5.67. The molecule has 0 aliphatic carbocycles. The molecule has 3 rings (SSSR count). The van der Waals surface area contributed by atoms with E-state index in [-0.39, 0.29) is 22.2 Å². The van der Waals surface area contributed by atoms with Crippen LogP contribution in [0.25, 0.3) is 0 Å². The molecule has 1 atom stereocenters. The molecule has 140 valence electrons. The fourth-order valence-electron chi connectivity index (χ4n) is 2.32. The molecule has 2 aromatic rings. The highest BCUT2D eigenvalue weighted by Gasteiger charge is 2.22. The van der Waals surface area contributed by atoms with Gasteiger partial charge in [-0.2, -0.15) is 0 Å². The van der Waals surface area contributed by atoms with Crippen LogP contribution in [0, 0.1) is 5.82 Å². The summed E-state index contributed by atoms with van der Waals surface area (Å²) < 4.78 is 18.9. The number of esters is 1. The maximum absolute atomic E-state index is 13.8. The molecule has 27 heavy (non-hydrogen) atoms. The molecule has 0 saturated heterocycles. The molecule has 1 aliphatic rings. The molecule has 9 heteroatoms. The van der Waals surface area contributed by atoms with Crippen molar-refractivity contribution in [1.29, 1.82) is 0 Å². The van der Waals surface area contributed by atoms with Crippen molar-refractivity contribution in [3.8, 4) is 0 Å². The average Bonchev–Trinajstić information content (AvgIpc) is 2.63. The van der Waals surface area contributed by atoms with Crippen LogP contribution in [0.1, 0.15) is 17.3 Å². The van der Waals surface area contributed by atoms with Crippen molar-refractivity contribution in [3.63, 3.8) is 0 Å². The van der Waals surface area contributed by atoms with Crippen LogP contribution < -0.4 is 10.6 Å². The molecular formula is C18H14ClFN2O4S. The summed E-state index contributed by atoms with van der Waals surface area (Å²) in [6.45, 7) is 1.37. The van der Waals surface area contributed by atoms with Crippen molar-refractivity contribution in [1.82, 2.24) is 0 Å². The van der Waals surface area contributed by atoms with E-state index in [2.05, 4.69) is 10.6 Å². The predicted octanol–water partition coefficient (Wildman–Crippen LogP) is 3.71. The van der Waals surface area contributed by atoms with Crippen LogP contribution in [0.4, 0.5) is 15.8 Å². The molecule has 1 heterocycles. The van der Waals surface area contributed by atoms with Gasteiger partial charge in [0.05, 0.1) is 22.7 Å². The first-order valence-corrected chi connectivity index (χ1v) is 9.23. The number of hydrogen-bond acceptors (Lipinski definition) is 5. The highest BCUT2D eigenvalue weighted by atomic mass is 35.5. The lowest BCUT2D eigenvalue weighted by Crippen LogP contribution is -2.30. The minimum absolute atomic E-state index is 0.0687. The molecule has 0 radical (unpaired) electrons. The van der Waals surface area contributed by atoms with Gasteiger partial charge in [0.1, 0.15) is 5.82 Å². The van der Waals surface area contributed by atoms with Gasteiger partial charge in [-0.15, -0.1) is 11.8 Å². The highest BCUT2D eigenvalue weighted by molar-refractivity contribution is 8.00. The Morgan fingerprint density at radius 3 is 2.81 bits per heavy atom. The van der Waals surface area contributed by atoms with Crippen LogP contribution >= 0.6 is 23.4 Å². The van der Waals surface area contributed by atoms with Gasteiger partial charge >= 0.3 is 5.97 Å². The van der Waals surface area contributed by atoms with Gasteiger partial charge in [0.25, 0.3) is 5.91 Å². The zero-order valence-electron chi connectivity index (χ0n) is 14.0. The molecular weight excluding hydrogens is 395 g/mol. The van der Waals surface area contributed by atoms with E-state index in [1.807, 2.05) is 0 Å². The summed E-state index contributed by atoms with van der Waals surface area (Å²) in [6, 6.07) is 8.54. The SMILES string of the molecule is CC(OC(=O)c1ccc2c(c1)NC(=O)CS2)C(=O)Nc1ccc(Cl)cc1F. The summed E-state index contributed by atoms with van der Waals surface area (Å²) in [5, 5.41) is 5.21. The fraction of sp³-hybridized carbons (Fsp3) is 0.167.